The molecule has 1 fully saturated rings. The largest absolute Gasteiger partial charge is 0.491 e. The molecule has 0 bridgehead atoms. The molecule has 1 aromatic carbocycles. The number of alkyl halides is 3. The van der Waals surface area contributed by atoms with E-state index in [0.717, 1.165) is 38.1 Å². The number of nitrogens with zero attached hydrogens (tertiary/aromatic N) is 4. The Hall–Kier alpha value is -3.21. The first-order chi connectivity index (χ1) is 14.9. The number of aromatic nitrogens is 3. The fourth-order valence-electron chi connectivity index (χ4n) is 3.21. The van der Waals surface area contributed by atoms with Crippen LogP contribution in [0.2, 0.25) is 0 Å². The highest BCUT2D eigenvalue weighted by Gasteiger charge is 2.27. The maximum atomic E-state index is 13.7. The molecule has 0 saturated carbocycles. The third-order valence-corrected chi connectivity index (χ3v) is 4.75. The Bertz CT molecular complexity index is 1060. The highest BCUT2D eigenvalue weighted by molar-refractivity contribution is 5.88. The van der Waals surface area contributed by atoms with E-state index < -0.39 is 25.0 Å². The van der Waals surface area contributed by atoms with Crippen molar-refractivity contribution >= 4 is 28.4 Å². The van der Waals surface area contributed by atoms with Crippen molar-refractivity contribution in [1.82, 2.24) is 20.3 Å². The number of anilines is 3. The monoisotopic (exact) mass is 436 g/mol. The normalized spacial score (nSPS) is 14.6. The van der Waals surface area contributed by atoms with Crippen molar-refractivity contribution < 1.29 is 22.3 Å². The molecular weight excluding hydrogens is 416 g/mol. The topological polar surface area (TPSA) is 75.2 Å². The van der Waals surface area contributed by atoms with Crippen LogP contribution in [0.1, 0.15) is 6.42 Å². The lowest BCUT2D eigenvalue weighted by Crippen LogP contribution is -2.43. The molecule has 4 rings (SSSR count). The summed E-state index contributed by atoms with van der Waals surface area (Å²) in [5, 5.41) is 6.28. The second-order valence-electron chi connectivity index (χ2n) is 6.98. The third-order valence-electron chi connectivity index (χ3n) is 4.75. The van der Waals surface area contributed by atoms with Crippen LogP contribution in [0.15, 0.2) is 36.7 Å². The molecule has 0 atom stereocenters. The molecule has 2 N–H and O–H groups in total. The van der Waals surface area contributed by atoms with Crippen LogP contribution in [0.3, 0.4) is 0 Å². The number of nitrogens with one attached hydrogen (secondary N) is 2. The number of hydrogen-bond donors (Lipinski definition) is 2. The molecule has 2 aromatic heterocycles. The molecule has 3 aromatic rings. The number of pyridine rings is 1. The van der Waals surface area contributed by atoms with Gasteiger partial charge in [-0.05, 0) is 24.3 Å². The number of halogens is 4. The van der Waals surface area contributed by atoms with E-state index in [2.05, 4.69) is 30.5 Å². The molecule has 0 unspecified atom stereocenters. The van der Waals surface area contributed by atoms with E-state index in [1.807, 2.05) is 12.1 Å². The van der Waals surface area contributed by atoms with Crippen molar-refractivity contribution in [2.24, 2.45) is 0 Å². The van der Waals surface area contributed by atoms with Crippen molar-refractivity contribution in [3.05, 3.63) is 42.5 Å². The summed E-state index contributed by atoms with van der Waals surface area (Å²) in [5.41, 5.74) is 1.36. The maximum Gasteiger partial charge on any atom is 0.392 e. The van der Waals surface area contributed by atoms with Crippen molar-refractivity contribution in [2.45, 2.75) is 12.6 Å². The van der Waals surface area contributed by atoms with Crippen LogP contribution in [0.4, 0.5) is 34.9 Å². The Labute approximate surface area is 175 Å². The maximum absolute atomic E-state index is 13.7. The first-order valence-electron chi connectivity index (χ1n) is 9.72. The van der Waals surface area contributed by atoms with Crippen molar-refractivity contribution in [1.29, 1.82) is 0 Å². The summed E-state index contributed by atoms with van der Waals surface area (Å²) in [4.78, 5) is 15.3. The Kier molecular flexibility index (Phi) is 6.03. The van der Waals surface area contributed by atoms with E-state index >= 15 is 0 Å². The van der Waals surface area contributed by atoms with E-state index in [9.17, 15) is 17.6 Å². The smallest absolute Gasteiger partial charge is 0.392 e. The van der Waals surface area contributed by atoms with Gasteiger partial charge in [-0.25, -0.2) is 19.3 Å². The molecule has 0 spiro atoms. The zero-order chi connectivity index (χ0) is 21.8. The zero-order valence-electron chi connectivity index (χ0n) is 16.4. The lowest BCUT2D eigenvalue weighted by Gasteiger charge is -2.28. The van der Waals surface area contributed by atoms with Gasteiger partial charge in [-0.15, -0.1) is 0 Å². The Morgan fingerprint density at radius 3 is 2.68 bits per heavy atom. The van der Waals surface area contributed by atoms with Gasteiger partial charge in [-0.2, -0.15) is 13.2 Å². The highest BCUT2D eigenvalue weighted by Crippen LogP contribution is 2.31. The van der Waals surface area contributed by atoms with Gasteiger partial charge >= 0.3 is 6.18 Å². The fourth-order valence-corrected chi connectivity index (χ4v) is 3.21. The average molecular weight is 436 g/mol. The average Bonchev–Trinajstić information content (AvgIpc) is 2.75. The molecule has 1 aliphatic heterocycles. The lowest BCUT2D eigenvalue weighted by atomic mass is 10.2. The Morgan fingerprint density at radius 1 is 1.10 bits per heavy atom. The molecular formula is C20H20F4N6O. The van der Waals surface area contributed by atoms with Crippen LogP contribution in [-0.2, 0) is 0 Å². The summed E-state index contributed by atoms with van der Waals surface area (Å²) in [6.45, 7) is 2.69. The van der Waals surface area contributed by atoms with E-state index in [1.165, 1.54) is 18.5 Å². The minimum Gasteiger partial charge on any atom is -0.491 e. The third kappa shape index (κ3) is 5.29. The van der Waals surface area contributed by atoms with Gasteiger partial charge in [0.2, 0.25) is 0 Å². The standard InChI is InChI=1S/C20H20F4N6O/c21-13-1-2-14(16(11-13)31-10-5-20(22,23)24)28-19-18-15(26-12-27-19)3-4-17(29-18)30-8-6-25-7-9-30/h1-4,11-12,25H,5-10H2,(H,26,27,28). The molecule has 3 heterocycles. The predicted molar refractivity (Wildman–Crippen MR) is 108 cm³/mol. The second kappa shape index (κ2) is 8.88. The first-order valence-corrected chi connectivity index (χ1v) is 9.72. The van der Waals surface area contributed by atoms with Crippen LogP contribution in [0.5, 0.6) is 5.75 Å². The molecule has 1 aliphatic rings. The number of piperazine rings is 1. The van der Waals surface area contributed by atoms with Gasteiger partial charge in [-0.3, -0.25) is 0 Å². The van der Waals surface area contributed by atoms with Gasteiger partial charge in [0, 0.05) is 32.2 Å². The van der Waals surface area contributed by atoms with E-state index in [-0.39, 0.29) is 11.4 Å². The zero-order valence-corrected chi connectivity index (χ0v) is 16.4. The number of fused-ring (bicyclic) bond motifs is 1. The Balaban J connectivity index is 1.62. The van der Waals surface area contributed by atoms with Crippen LogP contribution < -0.4 is 20.3 Å². The van der Waals surface area contributed by atoms with Gasteiger partial charge < -0.3 is 20.3 Å². The quantitative estimate of drug-likeness (QED) is 0.572. The van der Waals surface area contributed by atoms with Gasteiger partial charge in [-0.1, -0.05) is 0 Å². The highest BCUT2D eigenvalue weighted by atomic mass is 19.4. The lowest BCUT2D eigenvalue weighted by molar-refractivity contribution is -0.139. The van der Waals surface area contributed by atoms with Gasteiger partial charge in [0.1, 0.15) is 29.2 Å². The Morgan fingerprint density at radius 2 is 1.90 bits per heavy atom. The minimum atomic E-state index is -4.37. The summed E-state index contributed by atoms with van der Waals surface area (Å²) >= 11 is 0. The molecule has 31 heavy (non-hydrogen) atoms. The van der Waals surface area contributed by atoms with Crippen molar-refractivity contribution in [3.8, 4) is 5.75 Å². The summed E-state index contributed by atoms with van der Waals surface area (Å²) in [5.74, 6) is 0.440. The molecule has 0 aliphatic carbocycles. The SMILES string of the molecule is Fc1ccc(Nc2ncnc3ccc(N4CCNCC4)nc23)c(OCCC(F)(F)F)c1. The van der Waals surface area contributed by atoms with E-state index in [4.69, 9.17) is 4.74 Å². The molecule has 7 nitrogen and oxygen atoms in total. The first kappa shape index (κ1) is 21.0. The van der Waals surface area contributed by atoms with Gasteiger partial charge in [0.15, 0.2) is 5.82 Å². The molecule has 0 amide bonds. The second-order valence-corrected chi connectivity index (χ2v) is 6.98. The van der Waals surface area contributed by atoms with Crippen LogP contribution in [-0.4, -0.2) is 53.9 Å². The van der Waals surface area contributed by atoms with Crippen LogP contribution in [0.25, 0.3) is 11.0 Å². The number of ether oxygens (including phenoxy) is 1. The van der Waals surface area contributed by atoms with Gasteiger partial charge in [0.05, 0.1) is 24.2 Å². The number of rotatable bonds is 6. The summed E-state index contributed by atoms with van der Waals surface area (Å²) in [6.07, 6.45) is -4.16. The van der Waals surface area contributed by atoms with Crippen LogP contribution >= 0.6 is 0 Å². The molecule has 11 heteroatoms. The minimum absolute atomic E-state index is 0.0470. The summed E-state index contributed by atoms with van der Waals surface area (Å²) in [7, 11) is 0. The summed E-state index contributed by atoms with van der Waals surface area (Å²) < 4.78 is 56.2. The van der Waals surface area contributed by atoms with Gasteiger partial charge in [0.25, 0.3) is 0 Å². The predicted octanol–water partition coefficient (Wildman–Crippen LogP) is 3.65. The number of benzene rings is 1. The van der Waals surface area contributed by atoms with E-state index in [1.54, 1.807) is 0 Å². The fraction of sp³-hybridized carbons (Fsp3) is 0.350. The molecule has 1 saturated heterocycles. The van der Waals surface area contributed by atoms with E-state index in [0.29, 0.717) is 16.9 Å². The van der Waals surface area contributed by atoms with Crippen molar-refractivity contribution in [2.75, 3.05) is 43.0 Å². The number of hydrogen-bond acceptors (Lipinski definition) is 7. The van der Waals surface area contributed by atoms with Crippen molar-refractivity contribution in [3.63, 3.8) is 0 Å². The summed E-state index contributed by atoms with van der Waals surface area (Å²) in [6, 6.07) is 7.31. The molecule has 0 radical (unpaired) electrons. The van der Waals surface area contributed by atoms with Crippen LogP contribution in [0, 0.1) is 5.82 Å². The molecule has 164 valence electrons.